The first-order valence-corrected chi connectivity index (χ1v) is 9.76. The third-order valence-electron chi connectivity index (χ3n) is 5.94. The number of carbonyl (C=O) groups excluding carboxylic acids is 1. The zero-order valence-corrected chi connectivity index (χ0v) is 15.9. The number of anilines is 2. The van der Waals surface area contributed by atoms with Gasteiger partial charge in [-0.3, -0.25) is 4.90 Å². The number of fused-ring (bicyclic) bond motifs is 1. The van der Waals surface area contributed by atoms with E-state index in [0.29, 0.717) is 13.2 Å². The van der Waals surface area contributed by atoms with E-state index in [9.17, 15) is 9.18 Å². The standard InChI is InChI=1S/C21H23FN4O2/c1-2-15-3-5-17-18(9-15)28-8-7-26(17)20(27)25-13-21(14-25)11-24(12-21)19-6-4-16(22)10-23-19/h3-6,9-10H,2,7-8,11-14H2,1H3. The molecule has 2 amide bonds. The van der Waals surface area contributed by atoms with Crippen LogP contribution in [0.5, 0.6) is 5.75 Å². The van der Waals surface area contributed by atoms with Gasteiger partial charge >= 0.3 is 6.03 Å². The molecule has 0 radical (unpaired) electrons. The normalized spacial score (nSPS) is 19.6. The van der Waals surface area contributed by atoms with E-state index in [2.05, 4.69) is 22.9 Å². The Labute approximate surface area is 163 Å². The van der Waals surface area contributed by atoms with Crippen LogP contribution in [0.4, 0.5) is 20.7 Å². The third-order valence-corrected chi connectivity index (χ3v) is 5.94. The lowest BCUT2D eigenvalue weighted by atomic mass is 9.73. The molecule has 146 valence electrons. The lowest BCUT2D eigenvalue weighted by molar-refractivity contribution is 0.00928. The van der Waals surface area contributed by atoms with Gasteiger partial charge in [0.25, 0.3) is 0 Å². The summed E-state index contributed by atoms with van der Waals surface area (Å²) >= 11 is 0. The second-order valence-corrected chi connectivity index (χ2v) is 7.99. The summed E-state index contributed by atoms with van der Waals surface area (Å²) in [6.45, 7) is 6.42. The summed E-state index contributed by atoms with van der Waals surface area (Å²) in [5.74, 6) is 1.27. The molecule has 2 fully saturated rings. The average molecular weight is 382 g/mol. The molecule has 28 heavy (non-hydrogen) atoms. The predicted octanol–water partition coefficient (Wildman–Crippen LogP) is 2.92. The van der Waals surface area contributed by atoms with Crippen LogP contribution >= 0.6 is 0 Å². The van der Waals surface area contributed by atoms with Crippen molar-refractivity contribution in [2.24, 2.45) is 5.41 Å². The van der Waals surface area contributed by atoms with Gasteiger partial charge in [-0.2, -0.15) is 0 Å². The minimum Gasteiger partial charge on any atom is -0.490 e. The minimum atomic E-state index is -0.323. The Morgan fingerprint density at radius 2 is 2.04 bits per heavy atom. The molecule has 3 aliphatic heterocycles. The molecule has 0 N–H and O–H groups in total. The molecule has 4 heterocycles. The number of aryl methyl sites for hydroxylation is 1. The molecule has 0 atom stereocenters. The van der Waals surface area contributed by atoms with Gasteiger partial charge in [-0.25, -0.2) is 14.2 Å². The smallest absolute Gasteiger partial charge is 0.324 e. The first-order chi connectivity index (χ1) is 13.6. The quantitative estimate of drug-likeness (QED) is 0.801. The van der Waals surface area contributed by atoms with E-state index in [1.54, 1.807) is 6.07 Å². The highest BCUT2D eigenvalue weighted by atomic mass is 19.1. The summed E-state index contributed by atoms with van der Waals surface area (Å²) in [5, 5.41) is 0. The molecule has 1 aromatic heterocycles. The second-order valence-electron chi connectivity index (χ2n) is 7.99. The number of urea groups is 1. The van der Waals surface area contributed by atoms with E-state index in [0.717, 1.165) is 49.9 Å². The van der Waals surface area contributed by atoms with Gasteiger partial charge in [0.15, 0.2) is 0 Å². The molecule has 2 saturated heterocycles. The summed E-state index contributed by atoms with van der Waals surface area (Å²) < 4.78 is 18.8. The van der Waals surface area contributed by atoms with Gasteiger partial charge in [-0.05, 0) is 36.2 Å². The lowest BCUT2D eigenvalue weighted by Crippen LogP contribution is -2.74. The number of pyridine rings is 1. The largest absolute Gasteiger partial charge is 0.490 e. The molecule has 1 spiro atoms. The second kappa shape index (κ2) is 6.36. The predicted molar refractivity (Wildman–Crippen MR) is 104 cm³/mol. The van der Waals surface area contributed by atoms with Crippen LogP contribution in [-0.2, 0) is 6.42 Å². The fraction of sp³-hybridized carbons (Fsp3) is 0.429. The number of halogens is 1. The van der Waals surface area contributed by atoms with Crippen LogP contribution in [0, 0.1) is 11.2 Å². The number of carbonyl (C=O) groups is 1. The van der Waals surface area contributed by atoms with Crippen LogP contribution in [0.25, 0.3) is 0 Å². The highest BCUT2D eigenvalue weighted by Crippen LogP contribution is 2.42. The van der Waals surface area contributed by atoms with E-state index >= 15 is 0 Å². The topological polar surface area (TPSA) is 48.9 Å². The zero-order valence-electron chi connectivity index (χ0n) is 15.9. The van der Waals surface area contributed by atoms with Crippen molar-refractivity contribution in [2.75, 3.05) is 49.1 Å². The van der Waals surface area contributed by atoms with Crippen LogP contribution in [0.3, 0.4) is 0 Å². The van der Waals surface area contributed by atoms with E-state index < -0.39 is 0 Å². The van der Waals surface area contributed by atoms with Crippen LogP contribution < -0.4 is 14.5 Å². The number of benzene rings is 1. The Hall–Kier alpha value is -2.83. The lowest BCUT2D eigenvalue weighted by Gasteiger charge is -2.60. The summed E-state index contributed by atoms with van der Waals surface area (Å²) in [5.41, 5.74) is 2.22. The highest BCUT2D eigenvalue weighted by Gasteiger charge is 2.54. The monoisotopic (exact) mass is 382 g/mol. The Morgan fingerprint density at radius 1 is 1.21 bits per heavy atom. The van der Waals surface area contributed by atoms with Crippen LogP contribution in [0.2, 0.25) is 0 Å². The Morgan fingerprint density at radius 3 is 2.75 bits per heavy atom. The van der Waals surface area contributed by atoms with E-state index in [1.165, 1.54) is 17.8 Å². The molecule has 5 rings (SSSR count). The number of likely N-dealkylation sites (tertiary alicyclic amines) is 1. The van der Waals surface area contributed by atoms with Crippen LogP contribution in [0.15, 0.2) is 36.5 Å². The Balaban J connectivity index is 1.22. The molecule has 1 aromatic carbocycles. The zero-order chi connectivity index (χ0) is 19.3. The summed E-state index contributed by atoms with van der Waals surface area (Å²) in [6, 6.07) is 9.28. The summed E-state index contributed by atoms with van der Waals surface area (Å²) in [6.07, 6.45) is 2.19. The maximum Gasteiger partial charge on any atom is 0.324 e. The Bertz CT molecular complexity index is 903. The maximum atomic E-state index is 13.0. The first kappa shape index (κ1) is 17.3. The van der Waals surface area contributed by atoms with Crippen molar-refractivity contribution in [1.82, 2.24) is 9.88 Å². The third kappa shape index (κ3) is 2.77. The number of rotatable bonds is 2. The molecule has 7 heteroatoms. The van der Waals surface area contributed by atoms with E-state index in [4.69, 9.17) is 4.74 Å². The van der Waals surface area contributed by atoms with Crippen LogP contribution in [-0.4, -0.2) is 55.2 Å². The molecule has 0 aliphatic carbocycles. The number of amides is 2. The number of nitrogens with zero attached hydrogens (tertiary/aromatic N) is 4. The van der Waals surface area contributed by atoms with Gasteiger partial charge in [0.2, 0.25) is 0 Å². The van der Waals surface area contributed by atoms with Crippen molar-refractivity contribution < 1.29 is 13.9 Å². The number of hydrogen-bond donors (Lipinski definition) is 0. The van der Waals surface area contributed by atoms with Crippen molar-refractivity contribution in [3.05, 3.63) is 47.9 Å². The van der Waals surface area contributed by atoms with Crippen molar-refractivity contribution in [1.29, 1.82) is 0 Å². The van der Waals surface area contributed by atoms with Crippen molar-refractivity contribution in [3.63, 3.8) is 0 Å². The molecular weight excluding hydrogens is 359 g/mol. The molecule has 3 aliphatic rings. The maximum absolute atomic E-state index is 13.0. The van der Waals surface area contributed by atoms with Gasteiger partial charge in [-0.15, -0.1) is 0 Å². The van der Waals surface area contributed by atoms with Gasteiger partial charge in [0, 0.05) is 31.6 Å². The average Bonchev–Trinajstić information content (AvgIpc) is 2.66. The van der Waals surface area contributed by atoms with Crippen LogP contribution in [0.1, 0.15) is 12.5 Å². The molecule has 0 saturated carbocycles. The summed E-state index contributed by atoms with van der Waals surface area (Å²) in [7, 11) is 0. The molecule has 0 unspecified atom stereocenters. The molecule has 6 nitrogen and oxygen atoms in total. The van der Waals surface area contributed by atoms with Gasteiger partial charge in [0.1, 0.15) is 24.0 Å². The molecule has 0 bridgehead atoms. The van der Waals surface area contributed by atoms with E-state index in [1.807, 2.05) is 21.9 Å². The minimum absolute atomic E-state index is 0.0535. The SMILES string of the molecule is CCc1ccc2c(c1)OCCN2C(=O)N1CC2(C1)CN(c1ccc(F)cn1)C2. The van der Waals surface area contributed by atoms with Crippen molar-refractivity contribution in [3.8, 4) is 5.75 Å². The van der Waals surface area contributed by atoms with Gasteiger partial charge in [-0.1, -0.05) is 13.0 Å². The highest BCUT2D eigenvalue weighted by molar-refractivity contribution is 5.94. The Kier molecular flexibility index (Phi) is 3.92. The molecular formula is C21H23FN4O2. The van der Waals surface area contributed by atoms with Crippen molar-refractivity contribution >= 4 is 17.5 Å². The fourth-order valence-electron chi connectivity index (χ4n) is 4.43. The number of hydrogen-bond acceptors (Lipinski definition) is 4. The molecule has 2 aromatic rings. The van der Waals surface area contributed by atoms with E-state index in [-0.39, 0.29) is 17.3 Å². The van der Waals surface area contributed by atoms with Gasteiger partial charge in [0.05, 0.1) is 18.4 Å². The number of ether oxygens (including phenoxy) is 1. The van der Waals surface area contributed by atoms with Crippen molar-refractivity contribution in [2.45, 2.75) is 13.3 Å². The first-order valence-electron chi connectivity index (χ1n) is 9.76. The fourth-order valence-corrected chi connectivity index (χ4v) is 4.43. The van der Waals surface area contributed by atoms with Gasteiger partial charge < -0.3 is 14.5 Å². The number of aromatic nitrogens is 1. The summed E-state index contributed by atoms with van der Waals surface area (Å²) in [4.78, 5) is 23.1.